The molecule has 1 aromatic carbocycles. The molecule has 1 aromatic heterocycles. The lowest BCUT2D eigenvalue weighted by Crippen LogP contribution is -2.27. The van der Waals surface area contributed by atoms with Gasteiger partial charge in [0, 0.05) is 37.3 Å². The Labute approximate surface area is 141 Å². The Morgan fingerprint density at radius 3 is 2.54 bits per heavy atom. The number of rotatable bonds is 8. The Hall–Kier alpha value is -2.89. The number of aromatic nitrogens is 1. The Kier molecular flexibility index (Phi) is 6.76. The molecule has 0 saturated carbocycles. The zero-order valence-electron chi connectivity index (χ0n) is 13.6. The summed E-state index contributed by atoms with van der Waals surface area (Å²) >= 11 is 0. The normalized spacial score (nSPS) is 10.0. The van der Waals surface area contributed by atoms with Gasteiger partial charge in [0.1, 0.15) is 0 Å². The van der Waals surface area contributed by atoms with Gasteiger partial charge in [-0.3, -0.25) is 9.59 Å². The minimum absolute atomic E-state index is 0.0558. The topological polar surface area (TPSA) is 80.3 Å². The number of benzene rings is 1. The van der Waals surface area contributed by atoms with Gasteiger partial charge < -0.3 is 15.4 Å². The van der Waals surface area contributed by atoms with E-state index in [4.69, 9.17) is 4.74 Å². The monoisotopic (exact) mass is 327 g/mol. The first kappa shape index (κ1) is 17.5. The zero-order chi connectivity index (χ0) is 17.2. The summed E-state index contributed by atoms with van der Waals surface area (Å²) in [7, 11) is 1.56. The van der Waals surface area contributed by atoms with Crippen LogP contribution in [0.2, 0.25) is 0 Å². The highest BCUT2D eigenvalue weighted by Crippen LogP contribution is 2.06. The molecule has 0 aliphatic carbocycles. The molecule has 0 bridgehead atoms. The first-order valence-corrected chi connectivity index (χ1v) is 7.78. The Bertz CT molecular complexity index is 657. The molecule has 0 saturated heterocycles. The number of pyridine rings is 1. The SMILES string of the molecule is COc1ccc(CNC(=O)CCCNC(=O)c2ccccc2)cn1. The maximum Gasteiger partial charge on any atom is 0.251 e. The zero-order valence-corrected chi connectivity index (χ0v) is 13.6. The van der Waals surface area contributed by atoms with Crippen LogP contribution in [0.5, 0.6) is 5.88 Å². The van der Waals surface area contributed by atoms with Crippen LogP contribution >= 0.6 is 0 Å². The third kappa shape index (κ3) is 5.72. The average Bonchev–Trinajstić information content (AvgIpc) is 2.64. The Morgan fingerprint density at radius 1 is 1.08 bits per heavy atom. The maximum atomic E-state index is 11.8. The van der Waals surface area contributed by atoms with Crippen LogP contribution in [0.1, 0.15) is 28.8 Å². The van der Waals surface area contributed by atoms with Gasteiger partial charge in [0.2, 0.25) is 11.8 Å². The summed E-state index contributed by atoms with van der Waals surface area (Å²) in [6.07, 6.45) is 2.61. The van der Waals surface area contributed by atoms with Crippen LogP contribution in [0.4, 0.5) is 0 Å². The number of nitrogens with one attached hydrogen (secondary N) is 2. The van der Waals surface area contributed by atoms with Crippen molar-refractivity contribution in [3.8, 4) is 5.88 Å². The third-order valence-corrected chi connectivity index (χ3v) is 3.40. The van der Waals surface area contributed by atoms with Crippen molar-refractivity contribution in [2.24, 2.45) is 0 Å². The summed E-state index contributed by atoms with van der Waals surface area (Å²) in [5.41, 5.74) is 1.52. The van der Waals surface area contributed by atoms with E-state index in [0.29, 0.717) is 37.4 Å². The van der Waals surface area contributed by atoms with Crippen molar-refractivity contribution in [2.75, 3.05) is 13.7 Å². The van der Waals surface area contributed by atoms with Crippen LogP contribution in [0, 0.1) is 0 Å². The molecule has 0 aliphatic heterocycles. The first-order chi connectivity index (χ1) is 11.7. The Morgan fingerprint density at radius 2 is 1.88 bits per heavy atom. The molecular formula is C18H21N3O3. The lowest BCUT2D eigenvalue weighted by Gasteiger charge is -2.07. The first-order valence-electron chi connectivity index (χ1n) is 7.78. The molecule has 0 aliphatic rings. The fraction of sp³-hybridized carbons (Fsp3) is 0.278. The van der Waals surface area contributed by atoms with Crippen molar-refractivity contribution in [3.05, 3.63) is 59.8 Å². The molecule has 2 amide bonds. The van der Waals surface area contributed by atoms with Crippen molar-refractivity contribution < 1.29 is 14.3 Å². The molecule has 6 nitrogen and oxygen atoms in total. The molecule has 2 rings (SSSR count). The van der Waals surface area contributed by atoms with Crippen molar-refractivity contribution in [3.63, 3.8) is 0 Å². The number of carbonyl (C=O) groups is 2. The third-order valence-electron chi connectivity index (χ3n) is 3.40. The maximum absolute atomic E-state index is 11.8. The minimum Gasteiger partial charge on any atom is -0.481 e. The second kappa shape index (κ2) is 9.29. The molecule has 0 unspecified atom stereocenters. The molecule has 0 spiro atoms. The molecular weight excluding hydrogens is 306 g/mol. The van der Waals surface area contributed by atoms with E-state index in [-0.39, 0.29) is 11.8 Å². The van der Waals surface area contributed by atoms with Crippen LogP contribution in [-0.2, 0) is 11.3 Å². The average molecular weight is 327 g/mol. The second-order valence-corrected chi connectivity index (χ2v) is 5.21. The lowest BCUT2D eigenvalue weighted by atomic mass is 10.2. The fourth-order valence-electron chi connectivity index (χ4n) is 2.07. The molecule has 6 heteroatoms. The van der Waals surface area contributed by atoms with E-state index in [1.54, 1.807) is 31.5 Å². The summed E-state index contributed by atoms with van der Waals surface area (Å²) in [4.78, 5) is 27.7. The van der Waals surface area contributed by atoms with E-state index in [1.807, 2.05) is 24.3 Å². The molecule has 0 fully saturated rings. The van der Waals surface area contributed by atoms with Crippen molar-refractivity contribution in [2.45, 2.75) is 19.4 Å². The van der Waals surface area contributed by atoms with Gasteiger partial charge >= 0.3 is 0 Å². The van der Waals surface area contributed by atoms with E-state index in [1.165, 1.54) is 0 Å². The minimum atomic E-state index is -0.125. The van der Waals surface area contributed by atoms with Gasteiger partial charge in [-0.15, -0.1) is 0 Å². The fourth-order valence-corrected chi connectivity index (χ4v) is 2.07. The van der Waals surface area contributed by atoms with E-state index >= 15 is 0 Å². The molecule has 2 N–H and O–H groups in total. The number of hydrogen-bond donors (Lipinski definition) is 2. The van der Waals surface area contributed by atoms with Gasteiger partial charge in [-0.05, 0) is 24.1 Å². The number of hydrogen-bond acceptors (Lipinski definition) is 4. The summed E-state index contributed by atoms with van der Waals surface area (Å²) in [5.74, 6) is 0.360. The summed E-state index contributed by atoms with van der Waals surface area (Å²) in [6, 6.07) is 12.6. The molecule has 0 radical (unpaired) electrons. The van der Waals surface area contributed by atoms with Gasteiger partial charge in [0.15, 0.2) is 0 Å². The van der Waals surface area contributed by atoms with Crippen molar-refractivity contribution >= 4 is 11.8 Å². The van der Waals surface area contributed by atoms with Gasteiger partial charge in [-0.25, -0.2) is 4.98 Å². The molecule has 0 atom stereocenters. The van der Waals surface area contributed by atoms with E-state index in [0.717, 1.165) is 5.56 Å². The Balaban J connectivity index is 1.62. The molecule has 126 valence electrons. The van der Waals surface area contributed by atoms with Gasteiger partial charge in [0.05, 0.1) is 7.11 Å². The quantitative estimate of drug-likeness (QED) is 0.726. The number of ether oxygens (including phenoxy) is 1. The standard InChI is InChI=1S/C18H21N3O3/c1-24-17-10-9-14(13-21-17)12-20-16(22)8-5-11-19-18(23)15-6-3-2-4-7-15/h2-4,6-7,9-10,13H,5,8,11-12H2,1H3,(H,19,23)(H,20,22). The van der Waals surface area contributed by atoms with Crippen LogP contribution in [-0.4, -0.2) is 30.5 Å². The number of methoxy groups -OCH3 is 1. The van der Waals surface area contributed by atoms with Crippen molar-refractivity contribution in [1.82, 2.24) is 15.6 Å². The molecule has 1 heterocycles. The van der Waals surface area contributed by atoms with E-state index in [2.05, 4.69) is 15.6 Å². The number of amides is 2. The van der Waals surface area contributed by atoms with Crippen LogP contribution in [0.25, 0.3) is 0 Å². The van der Waals surface area contributed by atoms with Crippen LogP contribution in [0.15, 0.2) is 48.7 Å². The largest absolute Gasteiger partial charge is 0.481 e. The predicted molar refractivity (Wildman–Crippen MR) is 90.6 cm³/mol. The summed E-state index contributed by atoms with van der Waals surface area (Å²) in [6.45, 7) is 0.886. The summed E-state index contributed by atoms with van der Waals surface area (Å²) < 4.78 is 4.98. The summed E-state index contributed by atoms with van der Waals surface area (Å²) in [5, 5.41) is 5.62. The highest BCUT2D eigenvalue weighted by atomic mass is 16.5. The smallest absolute Gasteiger partial charge is 0.251 e. The van der Waals surface area contributed by atoms with Crippen LogP contribution < -0.4 is 15.4 Å². The van der Waals surface area contributed by atoms with Gasteiger partial charge in [-0.2, -0.15) is 0 Å². The van der Waals surface area contributed by atoms with Crippen molar-refractivity contribution in [1.29, 1.82) is 0 Å². The van der Waals surface area contributed by atoms with E-state index < -0.39 is 0 Å². The number of nitrogens with zero attached hydrogens (tertiary/aromatic N) is 1. The predicted octanol–water partition coefficient (Wildman–Crippen LogP) is 1.92. The second-order valence-electron chi connectivity index (χ2n) is 5.21. The van der Waals surface area contributed by atoms with Gasteiger partial charge in [0.25, 0.3) is 5.91 Å². The number of carbonyl (C=O) groups excluding carboxylic acids is 2. The van der Waals surface area contributed by atoms with Crippen LogP contribution in [0.3, 0.4) is 0 Å². The lowest BCUT2D eigenvalue weighted by molar-refractivity contribution is -0.121. The van der Waals surface area contributed by atoms with Gasteiger partial charge in [-0.1, -0.05) is 24.3 Å². The van der Waals surface area contributed by atoms with E-state index in [9.17, 15) is 9.59 Å². The highest BCUT2D eigenvalue weighted by molar-refractivity contribution is 5.94. The molecule has 24 heavy (non-hydrogen) atoms. The molecule has 2 aromatic rings. The highest BCUT2D eigenvalue weighted by Gasteiger charge is 2.05.